The van der Waals surface area contributed by atoms with Gasteiger partial charge < -0.3 is 5.73 Å². The Labute approximate surface area is 81.6 Å². The van der Waals surface area contributed by atoms with E-state index in [1.54, 1.807) is 11.8 Å². The summed E-state index contributed by atoms with van der Waals surface area (Å²) in [4.78, 5) is 5.31. The number of aliphatic imine (C=N–C) groups is 1. The molecule has 2 N–H and O–H groups in total. The molecule has 1 aromatic carbocycles. The van der Waals surface area contributed by atoms with Gasteiger partial charge in [0.25, 0.3) is 0 Å². The maximum absolute atomic E-state index is 5.55. The SMILES string of the molecule is NC1=NCC(=Cc2ccccc2)S1. The van der Waals surface area contributed by atoms with E-state index in [9.17, 15) is 0 Å². The molecule has 0 amide bonds. The Morgan fingerprint density at radius 2 is 2.08 bits per heavy atom. The van der Waals surface area contributed by atoms with Crippen molar-refractivity contribution in [3.05, 3.63) is 40.8 Å². The molecule has 0 fully saturated rings. The van der Waals surface area contributed by atoms with Gasteiger partial charge in [0.2, 0.25) is 0 Å². The van der Waals surface area contributed by atoms with Crippen LogP contribution < -0.4 is 5.73 Å². The van der Waals surface area contributed by atoms with Crippen molar-refractivity contribution in [3.8, 4) is 0 Å². The smallest absolute Gasteiger partial charge is 0.158 e. The lowest BCUT2D eigenvalue weighted by Gasteiger charge is -1.94. The molecule has 0 aliphatic carbocycles. The summed E-state index contributed by atoms with van der Waals surface area (Å²) in [5, 5.41) is 0.669. The van der Waals surface area contributed by atoms with Crippen LogP contribution in [0.3, 0.4) is 0 Å². The van der Waals surface area contributed by atoms with Crippen LogP contribution in [-0.2, 0) is 0 Å². The maximum Gasteiger partial charge on any atom is 0.158 e. The van der Waals surface area contributed by atoms with Crippen LogP contribution in [0.2, 0.25) is 0 Å². The quantitative estimate of drug-likeness (QED) is 0.736. The minimum absolute atomic E-state index is 0.669. The van der Waals surface area contributed by atoms with Gasteiger partial charge in [-0.05, 0) is 11.6 Å². The molecule has 66 valence electrons. The highest BCUT2D eigenvalue weighted by atomic mass is 32.2. The number of rotatable bonds is 1. The van der Waals surface area contributed by atoms with E-state index in [1.807, 2.05) is 18.2 Å². The van der Waals surface area contributed by atoms with E-state index in [1.165, 1.54) is 10.5 Å². The molecular formula is C10H10N2S. The van der Waals surface area contributed by atoms with Crippen molar-refractivity contribution >= 4 is 23.0 Å². The molecule has 3 heteroatoms. The Kier molecular flexibility index (Phi) is 2.36. The first-order valence-electron chi connectivity index (χ1n) is 4.08. The topological polar surface area (TPSA) is 38.4 Å². The lowest BCUT2D eigenvalue weighted by Crippen LogP contribution is -2.00. The summed E-state index contributed by atoms with van der Waals surface area (Å²) in [5.41, 5.74) is 6.75. The zero-order chi connectivity index (χ0) is 9.10. The Hall–Kier alpha value is -1.22. The van der Waals surface area contributed by atoms with Crippen LogP contribution in [0.4, 0.5) is 0 Å². The number of amidine groups is 1. The van der Waals surface area contributed by atoms with E-state index in [-0.39, 0.29) is 0 Å². The second kappa shape index (κ2) is 3.66. The van der Waals surface area contributed by atoms with Crippen LogP contribution in [0.1, 0.15) is 5.56 Å². The molecule has 0 bridgehead atoms. The van der Waals surface area contributed by atoms with E-state index in [0.717, 1.165) is 6.54 Å². The number of nitrogens with two attached hydrogens (primary N) is 1. The fourth-order valence-corrected chi connectivity index (χ4v) is 1.89. The second-order valence-corrected chi connectivity index (χ2v) is 3.92. The summed E-state index contributed by atoms with van der Waals surface area (Å²) in [6, 6.07) is 10.2. The average Bonchev–Trinajstić information content (AvgIpc) is 2.53. The molecule has 0 radical (unpaired) electrons. The third kappa shape index (κ3) is 2.12. The number of hydrogen-bond acceptors (Lipinski definition) is 3. The van der Waals surface area contributed by atoms with Crippen molar-refractivity contribution < 1.29 is 0 Å². The summed E-state index contributed by atoms with van der Waals surface area (Å²) < 4.78 is 0. The van der Waals surface area contributed by atoms with Gasteiger partial charge in [0.05, 0.1) is 6.54 Å². The van der Waals surface area contributed by atoms with Gasteiger partial charge in [-0.2, -0.15) is 0 Å². The van der Waals surface area contributed by atoms with Crippen LogP contribution >= 0.6 is 11.8 Å². The Morgan fingerprint density at radius 3 is 2.69 bits per heavy atom. The lowest BCUT2D eigenvalue weighted by atomic mass is 10.2. The molecule has 0 saturated carbocycles. The van der Waals surface area contributed by atoms with Crippen molar-refractivity contribution in [2.45, 2.75) is 0 Å². The fourth-order valence-electron chi connectivity index (χ4n) is 1.16. The number of nitrogens with zero attached hydrogens (tertiary/aromatic N) is 1. The molecule has 1 heterocycles. The predicted octanol–water partition coefficient (Wildman–Crippen LogP) is 2.09. The third-order valence-corrected chi connectivity index (χ3v) is 2.60. The van der Waals surface area contributed by atoms with E-state index in [4.69, 9.17) is 5.73 Å². The van der Waals surface area contributed by atoms with Crippen molar-refractivity contribution in [3.63, 3.8) is 0 Å². The van der Waals surface area contributed by atoms with Crippen LogP contribution in [0.15, 0.2) is 40.2 Å². The van der Waals surface area contributed by atoms with Gasteiger partial charge in [-0.15, -0.1) is 0 Å². The van der Waals surface area contributed by atoms with Crippen molar-refractivity contribution in [1.82, 2.24) is 0 Å². The van der Waals surface area contributed by atoms with Gasteiger partial charge >= 0.3 is 0 Å². The molecule has 0 unspecified atom stereocenters. The molecule has 1 aromatic rings. The number of benzene rings is 1. The zero-order valence-corrected chi connectivity index (χ0v) is 7.92. The molecule has 1 aliphatic heterocycles. The molecule has 0 saturated heterocycles. The lowest BCUT2D eigenvalue weighted by molar-refractivity contribution is 1.25. The third-order valence-electron chi connectivity index (χ3n) is 1.75. The van der Waals surface area contributed by atoms with Crippen molar-refractivity contribution in [1.29, 1.82) is 0 Å². The molecular weight excluding hydrogens is 180 g/mol. The summed E-state index contributed by atoms with van der Waals surface area (Å²) in [7, 11) is 0. The standard InChI is InChI=1S/C10H10N2S/c11-10-12-7-9(13-10)6-8-4-2-1-3-5-8/h1-6H,7H2,(H2,11,12). The summed E-state index contributed by atoms with van der Waals surface area (Å²) in [6.07, 6.45) is 2.12. The highest BCUT2D eigenvalue weighted by molar-refractivity contribution is 8.17. The minimum Gasteiger partial charge on any atom is -0.378 e. The Bertz CT molecular complexity index is 354. The van der Waals surface area contributed by atoms with Crippen molar-refractivity contribution in [2.24, 2.45) is 10.7 Å². The van der Waals surface area contributed by atoms with E-state index in [2.05, 4.69) is 23.2 Å². The second-order valence-electron chi connectivity index (χ2n) is 2.78. The highest BCUT2D eigenvalue weighted by Crippen LogP contribution is 2.24. The van der Waals surface area contributed by atoms with Crippen LogP contribution in [0.25, 0.3) is 6.08 Å². The van der Waals surface area contributed by atoms with Gasteiger partial charge in [0.1, 0.15) is 0 Å². The molecule has 0 aromatic heterocycles. The van der Waals surface area contributed by atoms with Gasteiger partial charge in [0.15, 0.2) is 5.17 Å². The fraction of sp³-hybridized carbons (Fsp3) is 0.100. The first-order chi connectivity index (χ1) is 6.34. The first kappa shape index (κ1) is 8.38. The Morgan fingerprint density at radius 1 is 1.31 bits per heavy atom. The summed E-state index contributed by atoms with van der Waals surface area (Å²) in [6.45, 7) is 0.728. The van der Waals surface area contributed by atoms with Gasteiger partial charge in [-0.25, -0.2) is 0 Å². The van der Waals surface area contributed by atoms with Crippen LogP contribution in [0, 0.1) is 0 Å². The van der Waals surface area contributed by atoms with Crippen LogP contribution in [-0.4, -0.2) is 11.7 Å². The maximum atomic E-state index is 5.55. The summed E-state index contributed by atoms with van der Waals surface area (Å²) in [5.74, 6) is 0. The molecule has 0 atom stereocenters. The van der Waals surface area contributed by atoms with E-state index >= 15 is 0 Å². The normalized spacial score (nSPS) is 19.1. The number of hydrogen-bond donors (Lipinski definition) is 1. The van der Waals surface area contributed by atoms with Crippen molar-refractivity contribution in [2.75, 3.05) is 6.54 Å². The zero-order valence-electron chi connectivity index (χ0n) is 7.10. The van der Waals surface area contributed by atoms with Gasteiger partial charge in [0, 0.05) is 4.91 Å². The van der Waals surface area contributed by atoms with E-state index < -0.39 is 0 Å². The summed E-state index contributed by atoms with van der Waals surface area (Å²) >= 11 is 1.55. The first-order valence-corrected chi connectivity index (χ1v) is 4.89. The molecule has 13 heavy (non-hydrogen) atoms. The average molecular weight is 190 g/mol. The number of thioether (sulfide) groups is 1. The molecule has 0 spiro atoms. The Balaban J connectivity index is 2.15. The predicted molar refractivity (Wildman–Crippen MR) is 58.5 cm³/mol. The highest BCUT2D eigenvalue weighted by Gasteiger charge is 2.08. The molecule has 1 aliphatic rings. The van der Waals surface area contributed by atoms with E-state index in [0.29, 0.717) is 5.17 Å². The van der Waals surface area contributed by atoms with Crippen LogP contribution in [0.5, 0.6) is 0 Å². The van der Waals surface area contributed by atoms with Gasteiger partial charge in [-0.1, -0.05) is 42.1 Å². The van der Waals surface area contributed by atoms with Gasteiger partial charge in [-0.3, -0.25) is 4.99 Å². The molecule has 2 rings (SSSR count). The monoisotopic (exact) mass is 190 g/mol. The molecule has 2 nitrogen and oxygen atoms in total. The minimum atomic E-state index is 0.669. The largest absolute Gasteiger partial charge is 0.378 e.